The molecule has 1 aliphatic rings. The molecule has 0 spiro atoms. The van der Waals surface area contributed by atoms with Crippen molar-refractivity contribution in [2.24, 2.45) is 11.7 Å². The summed E-state index contributed by atoms with van der Waals surface area (Å²) in [7, 11) is 2.13. The molecule has 0 aliphatic heterocycles. The van der Waals surface area contributed by atoms with Gasteiger partial charge in [0.1, 0.15) is 0 Å². The van der Waals surface area contributed by atoms with Gasteiger partial charge in [-0.1, -0.05) is 25.7 Å². The summed E-state index contributed by atoms with van der Waals surface area (Å²) in [5, 5.41) is 1.11. The van der Waals surface area contributed by atoms with Gasteiger partial charge in [0.15, 0.2) is 5.13 Å². The first kappa shape index (κ1) is 11.9. The van der Waals surface area contributed by atoms with Crippen molar-refractivity contribution in [3.8, 4) is 0 Å². The molecule has 2 N–H and O–H groups in total. The molecule has 1 aromatic heterocycles. The van der Waals surface area contributed by atoms with E-state index in [9.17, 15) is 0 Å². The number of nitrogens with two attached hydrogens (primary N) is 1. The van der Waals surface area contributed by atoms with E-state index in [-0.39, 0.29) is 0 Å². The minimum atomic E-state index is 0.605. The van der Waals surface area contributed by atoms with Crippen molar-refractivity contribution in [1.82, 2.24) is 4.98 Å². The Bertz CT molecular complexity index is 318. The molecule has 1 heterocycles. The maximum atomic E-state index is 5.59. The monoisotopic (exact) mass is 239 g/mol. The molecule has 4 heteroatoms. The molecule has 2 rings (SSSR count). The van der Waals surface area contributed by atoms with Crippen LogP contribution in [0.4, 0.5) is 5.13 Å². The number of aromatic nitrogens is 1. The zero-order valence-corrected chi connectivity index (χ0v) is 10.8. The van der Waals surface area contributed by atoms with Crippen LogP contribution in [-0.2, 0) is 6.54 Å². The summed E-state index contributed by atoms with van der Waals surface area (Å²) < 4.78 is 0. The summed E-state index contributed by atoms with van der Waals surface area (Å²) in [5.41, 5.74) is 5.59. The van der Waals surface area contributed by atoms with Gasteiger partial charge in [-0.2, -0.15) is 0 Å². The zero-order valence-electron chi connectivity index (χ0n) is 9.98. The van der Waals surface area contributed by atoms with Crippen molar-refractivity contribution in [3.63, 3.8) is 0 Å². The molecule has 3 nitrogen and oxygen atoms in total. The van der Waals surface area contributed by atoms with E-state index in [4.69, 9.17) is 5.73 Å². The molecule has 90 valence electrons. The molecule has 1 aromatic rings. The third-order valence-electron chi connectivity index (χ3n) is 3.42. The van der Waals surface area contributed by atoms with Crippen molar-refractivity contribution < 1.29 is 0 Å². The number of anilines is 1. The van der Waals surface area contributed by atoms with Gasteiger partial charge in [-0.25, -0.2) is 4.98 Å². The molecule has 0 radical (unpaired) electrons. The summed E-state index contributed by atoms with van der Waals surface area (Å²) in [5.74, 6) is 0.955. The molecule has 16 heavy (non-hydrogen) atoms. The van der Waals surface area contributed by atoms with Crippen LogP contribution in [-0.4, -0.2) is 18.6 Å². The van der Waals surface area contributed by atoms with Crippen molar-refractivity contribution in [1.29, 1.82) is 0 Å². The molecule has 0 bridgehead atoms. The van der Waals surface area contributed by atoms with Crippen LogP contribution in [0.1, 0.15) is 37.0 Å². The summed E-state index contributed by atoms with van der Waals surface area (Å²) >= 11 is 1.71. The third kappa shape index (κ3) is 2.95. The average molecular weight is 239 g/mol. The highest BCUT2D eigenvalue weighted by Crippen LogP contribution is 2.28. The van der Waals surface area contributed by atoms with Crippen molar-refractivity contribution in [3.05, 3.63) is 11.1 Å². The van der Waals surface area contributed by atoms with Gasteiger partial charge in [0.25, 0.3) is 0 Å². The van der Waals surface area contributed by atoms with Gasteiger partial charge in [0, 0.05) is 31.2 Å². The van der Waals surface area contributed by atoms with Crippen LogP contribution in [0.25, 0.3) is 0 Å². The fourth-order valence-electron chi connectivity index (χ4n) is 2.34. The number of rotatable bonds is 5. The first-order valence-corrected chi connectivity index (χ1v) is 6.97. The Morgan fingerprint density at radius 1 is 1.50 bits per heavy atom. The number of nitrogens with zero attached hydrogens (tertiary/aromatic N) is 2. The highest BCUT2D eigenvalue weighted by molar-refractivity contribution is 7.15. The lowest BCUT2D eigenvalue weighted by atomic mass is 10.0. The van der Waals surface area contributed by atoms with Gasteiger partial charge in [-0.15, -0.1) is 11.3 Å². The van der Waals surface area contributed by atoms with Gasteiger partial charge >= 0.3 is 0 Å². The average Bonchev–Trinajstić information content (AvgIpc) is 2.96. The van der Waals surface area contributed by atoms with Crippen LogP contribution in [0.5, 0.6) is 0 Å². The lowest BCUT2D eigenvalue weighted by molar-refractivity contribution is 0.505. The predicted molar refractivity (Wildman–Crippen MR) is 69.9 cm³/mol. The summed E-state index contributed by atoms with van der Waals surface area (Å²) in [6.45, 7) is 1.73. The van der Waals surface area contributed by atoms with E-state index in [1.54, 1.807) is 11.3 Å². The van der Waals surface area contributed by atoms with Gasteiger partial charge in [0.05, 0.1) is 0 Å². The quantitative estimate of drug-likeness (QED) is 0.859. The molecule has 0 amide bonds. The number of thiazole rings is 1. The standard InChI is InChI=1S/C12H21N3S/c1-15(7-6-10-4-2-3-5-10)12-14-9-11(8-13)16-12/h9-10H,2-8,13H2,1H3. The molecule has 1 aliphatic carbocycles. The Labute approximate surface area is 102 Å². The molecule has 0 saturated heterocycles. The second-order valence-corrected chi connectivity index (χ2v) is 5.77. The SMILES string of the molecule is CN(CCC1CCCC1)c1ncc(CN)s1. The predicted octanol–water partition coefficient (Wildman–Crippen LogP) is 2.62. The van der Waals surface area contributed by atoms with E-state index in [0.29, 0.717) is 6.54 Å². The first-order valence-electron chi connectivity index (χ1n) is 6.15. The van der Waals surface area contributed by atoms with Gasteiger partial charge in [-0.3, -0.25) is 0 Å². The molecular formula is C12H21N3S. The molecule has 0 aromatic carbocycles. The molecule has 1 saturated carbocycles. The van der Waals surface area contributed by atoms with Crippen LogP contribution < -0.4 is 10.6 Å². The summed E-state index contributed by atoms with van der Waals surface area (Å²) in [6.07, 6.45) is 8.94. The Hall–Kier alpha value is -0.610. The van der Waals surface area contributed by atoms with Gasteiger partial charge in [0.2, 0.25) is 0 Å². The van der Waals surface area contributed by atoms with Crippen molar-refractivity contribution in [2.75, 3.05) is 18.5 Å². The third-order valence-corrected chi connectivity index (χ3v) is 4.55. The molecule has 0 atom stereocenters. The van der Waals surface area contributed by atoms with E-state index >= 15 is 0 Å². The first-order chi connectivity index (χ1) is 7.79. The van der Waals surface area contributed by atoms with Crippen LogP contribution in [0.15, 0.2) is 6.20 Å². The Balaban J connectivity index is 1.80. The van der Waals surface area contributed by atoms with Crippen LogP contribution in [0.2, 0.25) is 0 Å². The Morgan fingerprint density at radius 3 is 2.88 bits per heavy atom. The molecule has 1 fully saturated rings. The van der Waals surface area contributed by atoms with Crippen LogP contribution >= 0.6 is 11.3 Å². The van der Waals surface area contributed by atoms with Crippen LogP contribution in [0.3, 0.4) is 0 Å². The fourth-order valence-corrected chi connectivity index (χ4v) is 3.11. The van der Waals surface area contributed by atoms with E-state index in [1.807, 2.05) is 6.20 Å². The van der Waals surface area contributed by atoms with Crippen molar-refractivity contribution >= 4 is 16.5 Å². The van der Waals surface area contributed by atoms with Crippen molar-refractivity contribution in [2.45, 2.75) is 38.6 Å². The minimum Gasteiger partial charge on any atom is -0.351 e. The van der Waals surface area contributed by atoms with E-state index in [1.165, 1.54) is 37.0 Å². The fraction of sp³-hybridized carbons (Fsp3) is 0.750. The highest BCUT2D eigenvalue weighted by atomic mass is 32.1. The van der Waals surface area contributed by atoms with E-state index in [2.05, 4.69) is 16.9 Å². The topological polar surface area (TPSA) is 42.2 Å². The van der Waals surface area contributed by atoms with E-state index < -0.39 is 0 Å². The maximum Gasteiger partial charge on any atom is 0.185 e. The zero-order chi connectivity index (χ0) is 11.4. The highest BCUT2D eigenvalue weighted by Gasteiger charge is 2.16. The van der Waals surface area contributed by atoms with E-state index in [0.717, 1.165) is 17.6 Å². The van der Waals surface area contributed by atoms with Crippen LogP contribution in [0, 0.1) is 5.92 Å². The second kappa shape index (κ2) is 5.64. The lowest BCUT2D eigenvalue weighted by Crippen LogP contribution is -2.20. The summed E-state index contributed by atoms with van der Waals surface area (Å²) in [6, 6.07) is 0. The number of hydrogen-bond acceptors (Lipinski definition) is 4. The largest absolute Gasteiger partial charge is 0.351 e. The molecular weight excluding hydrogens is 218 g/mol. The lowest BCUT2D eigenvalue weighted by Gasteiger charge is -2.18. The smallest absolute Gasteiger partial charge is 0.185 e. The normalized spacial score (nSPS) is 16.9. The second-order valence-electron chi connectivity index (χ2n) is 4.67. The Morgan fingerprint density at radius 2 is 2.25 bits per heavy atom. The summed E-state index contributed by atoms with van der Waals surface area (Å²) in [4.78, 5) is 7.83. The maximum absolute atomic E-state index is 5.59. The minimum absolute atomic E-state index is 0.605. The molecule has 0 unspecified atom stereocenters. The number of hydrogen-bond donors (Lipinski definition) is 1. The van der Waals surface area contributed by atoms with Gasteiger partial charge in [-0.05, 0) is 12.3 Å². The Kier molecular flexibility index (Phi) is 4.18. The van der Waals surface area contributed by atoms with Gasteiger partial charge < -0.3 is 10.6 Å².